The predicted octanol–water partition coefficient (Wildman–Crippen LogP) is 3.79. The van der Waals surface area contributed by atoms with Crippen LogP contribution in [0.5, 0.6) is 0 Å². The van der Waals surface area contributed by atoms with Crippen molar-refractivity contribution in [3.05, 3.63) is 45.4 Å². The normalized spacial score (nSPS) is 10.7. The zero-order valence-electron chi connectivity index (χ0n) is 9.97. The second-order valence-corrected chi connectivity index (χ2v) is 4.73. The van der Waals surface area contributed by atoms with Gasteiger partial charge in [-0.05, 0) is 25.1 Å². The second-order valence-electron chi connectivity index (χ2n) is 3.96. The van der Waals surface area contributed by atoms with Crippen LogP contribution in [-0.4, -0.2) is 9.78 Å². The minimum Gasteiger partial charge on any atom is -0.381 e. The topological polar surface area (TPSA) is 29.9 Å². The van der Waals surface area contributed by atoms with E-state index >= 15 is 0 Å². The highest BCUT2D eigenvalue weighted by molar-refractivity contribution is 6.31. The Balaban J connectivity index is 2.14. The van der Waals surface area contributed by atoms with E-state index in [-0.39, 0.29) is 5.02 Å². The van der Waals surface area contributed by atoms with Crippen LogP contribution in [0.2, 0.25) is 10.2 Å². The van der Waals surface area contributed by atoms with Gasteiger partial charge in [0.2, 0.25) is 0 Å². The first kappa shape index (κ1) is 13.2. The maximum absolute atomic E-state index is 13.0. The molecule has 2 aromatic rings. The molecule has 2 rings (SSSR count). The van der Waals surface area contributed by atoms with Gasteiger partial charge in [0.15, 0.2) is 0 Å². The van der Waals surface area contributed by atoms with Gasteiger partial charge in [-0.2, -0.15) is 5.10 Å². The van der Waals surface area contributed by atoms with Crippen molar-refractivity contribution in [3.63, 3.8) is 0 Å². The van der Waals surface area contributed by atoms with Crippen LogP contribution in [0.15, 0.2) is 18.2 Å². The monoisotopic (exact) mass is 287 g/mol. The van der Waals surface area contributed by atoms with E-state index in [0.717, 1.165) is 16.9 Å². The van der Waals surface area contributed by atoms with Crippen LogP contribution in [0.25, 0.3) is 0 Å². The van der Waals surface area contributed by atoms with Crippen molar-refractivity contribution in [3.8, 4) is 0 Å². The highest BCUT2D eigenvalue weighted by atomic mass is 35.5. The zero-order valence-corrected chi connectivity index (χ0v) is 11.5. The van der Waals surface area contributed by atoms with Crippen LogP contribution in [0.4, 0.5) is 10.1 Å². The van der Waals surface area contributed by atoms with Gasteiger partial charge in [0.05, 0.1) is 10.7 Å². The summed E-state index contributed by atoms with van der Waals surface area (Å²) in [6.45, 7) is 2.40. The lowest BCUT2D eigenvalue weighted by molar-refractivity contribution is 0.628. The van der Waals surface area contributed by atoms with Crippen LogP contribution in [-0.2, 0) is 13.6 Å². The molecule has 3 nitrogen and oxygen atoms in total. The van der Waals surface area contributed by atoms with E-state index in [4.69, 9.17) is 23.2 Å². The molecular formula is C12H12Cl2FN3. The molecule has 0 unspecified atom stereocenters. The lowest BCUT2D eigenvalue weighted by Crippen LogP contribution is -2.01. The number of nitrogens with one attached hydrogen (secondary N) is 1. The van der Waals surface area contributed by atoms with Gasteiger partial charge in [0, 0.05) is 24.8 Å². The van der Waals surface area contributed by atoms with Gasteiger partial charge in [0.25, 0.3) is 0 Å². The summed E-state index contributed by atoms with van der Waals surface area (Å²) in [7, 11) is 1.79. The summed E-state index contributed by atoms with van der Waals surface area (Å²) in [5.41, 5.74) is 2.52. The molecule has 1 aromatic carbocycles. The third-order valence-corrected chi connectivity index (χ3v) is 3.42. The van der Waals surface area contributed by atoms with E-state index in [1.54, 1.807) is 17.8 Å². The Hall–Kier alpha value is -1.26. The first-order valence-electron chi connectivity index (χ1n) is 5.36. The SMILES string of the molecule is Cc1nn(C)c(Cl)c1CNc1ccc(F)c(Cl)c1. The number of hydrogen-bond acceptors (Lipinski definition) is 2. The highest BCUT2D eigenvalue weighted by Crippen LogP contribution is 2.22. The van der Waals surface area contributed by atoms with Crippen LogP contribution < -0.4 is 5.32 Å². The van der Waals surface area contributed by atoms with Gasteiger partial charge in [-0.25, -0.2) is 4.39 Å². The number of halogens is 3. The Morgan fingerprint density at radius 2 is 2.11 bits per heavy atom. The summed E-state index contributed by atoms with van der Waals surface area (Å²) in [5, 5.41) is 8.03. The third kappa shape index (κ3) is 2.60. The lowest BCUT2D eigenvalue weighted by atomic mass is 10.2. The first-order chi connectivity index (χ1) is 8.49. The molecular weight excluding hydrogens is 276 g/mol. The van der Waals surface area contributed by atoms with E-state index in [1.165, 1.54) is 12.1 Å². The van der Waals surface area contributed by atoms with Gasteiger partial charge in [-0.15, -0.1) is 0 Å². The molecule has 0 aliphatic carbocycles. The third-order valence-electron chi connectivity index (χ3n) is 2.66. The van der Waals surface area contributed by atoms with Crippen LogP contribution >= 0.6 is 23.2 Å². The molecule has 0 saturated carbocycles. The maximum Gasteiger partial charge on any atom is 0.141 e. The summed E-state index contributed by atoms with van der Waals surface area (Å²) in [4.78, 5) is 0. The van der Waals surface area contributed by atoms with Crippen molar-refractivity contribution in [1.29, 1.82) is 0 Å². The number of nitrogens with zero attached hydrogens (tertiary/aromatic N) is 2. The molecule has 6 heteroatoms. The molecule has 0 spiro atoms. The minimum atomic E-state index is -0.433. The first-order valence-corrected chi connectivity index (χ1v) is 6.11. The summed E-state index contributed by atoms with van der Waals surface area (Å²) in [6, 6.07) is 4.49. The summed E-state index contributed by atoms with van der Waals surface area (Å²) >= 11 is 11.8. The van der Waals surface area contributed by atoms with E-state index < -0.39 is 5.82 Å². The van der Waals surface area contributed by atoms with Gasteiger partial charge < -0.3 is 5.32 Å². The second kappa shape index (κ2) is 5.16. The van der Waals surface area contributed by atoms with Crippen LogP contribution in [0.1, 0.15) is 11.3 Å². The van der Waals surface area contributed by atoms with Crippen LogP contribution in [0.3, 0.4) is 0 Å². The largest absolute Gasteiger partial charge is 0.381 e. The average molecular weight is 288 g/mol. The van der Waals surface area contributed by atoms with Crippen molar-refractivity contribution in [2.45, 2.75) is 13.5 Å². The van der Waals surface area contributed by atoms with E-state index in [9.17, 15) is 4.39 Å². The number of benzene rings is 1. The molecule has 0 aliphatic heterocycles. The Bertz CT molecular complexity index is 581. The van der Waals surface area contributed by atoms with Crippen LogP contribution in [0, 0.1) is 12.7 Å². The van der Waals surface area contributed by atoms with Gasteiger partial charge in [0.1, 0.15) is 11.0 Å². The minimum absolute atomic E-state index is 0.0917. The zero-order chi connectivity index (χ0) is 13.3. The molecule has 1 N–H and O–H groups in total. The fourth-order valence-electron chi connectivity index (χ4n) is 1.67. The molecule has 0 saturated heterocycles. The van der Waals surface area contributed by atoms with E-state index in [0.29, 0.717) is 11.7 Å². The Morgan fingerprint density at radius 3 is 2.67 bits per heavy atom. The number of rotatable bonds is 3. The summed E-state index contributed by atoms with van der Waals surface area (Å²) in [6.07, 6.45) is 0. The molecule has 18 heavy (non-hydrogen) atoms. The smallest absolute Gasteiger partial charge is 0.141 e. The van der Waals surface area contributed by atoms with Crippen molar-refractivity contribution in [2.24, 2.45) is 7.05 Å². The molecule has 0 aliphatic rings. The molecule has 96 valence electrons. The Labute approximate surface area is 115 Å². The predicted molar refractivity (Wildman–Crippen MR) is 71.7 cm³/mol. The number of hydrogen-bond donors (Lipinski definition) is 1. The molecule has 0 atom stereocenters. The molecule has 0 radical (unpaired) electrons. The van der Waals surface area contributed by atoms with Crippen molar-refractivity contribution >= 4 is 28.9 Å². The highest BCUT2D eigenvalue weighted by Gasteiger charge is 2.10. The fourth-order valence-corrected chi connectivity index (χ4v) is 2.09. The average Bonchev–Trinajstić information content (AvgIpc) is 2.56. The molecule has 0 amide bonds. The van der Waals surface area contributed by atoms with Gasteiger partial charge in [-0.3, -0.25) is 4.68 Å². The summed E-state index contributed by atoms with van der Waals surface area (Å²) in [5.74, 6) is -0.433. The van der Waals surface area contributed by atoms with Gasteiger partial charge in [-0.1, -0.05) is 23.2 Å². The van der Waals surface area contributed by atoms with Crippen molar-refractivity contribution in [2.75, 3.05) is 5.32 Å². The number of anilines is 1. The van der Waals surface area contributed by atoms with E-state index in [1.807, 2.05) is 6.92 Å². The summed E-state index contributed by atoms with van der Waals surface area (Å²) < 4.78 is 14.6. The van der Waals surface area contributed by atoms with Gasteiger partial charge >= 0.3 is 0 Å². The van der Waals surface area contributed by atoms with E-state index in [2.05, 4.69) is 10.4 Å². The fraction of sp³-hybridized carbons (Fsp3) is 0.250. The Kier molecular flexibility index (Phi) is 3.78. The molecule has 1 aromatic heterocycles. The maximum atomic E-state index is 13.0. The van der Waals surface area contributed by atoms with Crippen molar-refractivity contribution < 1.29 is 4.39 Å². The number of aryl methyl sites for hydroxylation is 2. The lowest BCUT2D eigenvalue weighted by Gasteiger charge is -2.07. The molecule has 1 heterocycles. The molecule has 0 fully saturated rings. The number of aromatic nitrogens is 2. The molecule has 0 bridgehead atoms. The standard InChI is InChI=1S/C12H12Cl2FN3/c1-7-9(12(14)18(2)17-7)6-16-8-3-4-11(15)10(13)5-8/h3-5,16H,6H2,1-2H3. The quantitative estimate of drug-likeness (QED) is 0.931. The Morgan fingerprint density at radius 1 is 1.39 bits per heavy atom. The van der Waals surface area contributed by atoms with Crippen molar-refractivity contribution in [1.82, 2.24) is 9.78 Å².